The Bertz CT molecular complexity index is 669. The van der Waals surface area contributed by atoms with Gasteiger partial charge in [0.05, 0.1) is 7.11 Å². The fourth-order valence-electron chi connectivity index (χ4n) is 3.04. The van der Waals surface area contributed by atoms with E-state index in [1.165, 1.54) is 11.3 Å². The molecule has 0 saturated carbocycles. The molecular weight excluding hydrogens is 280 g/mol. The molecule has 3 heterocycles. The van der Waals surface area contributed by atoms with Gasteiger partial charge in [-0.2, -0.15) is 0 Å². The van der Waals surface area contributed by atoms with Crippen molar-refractivity contribution in [2.24, 2.45) is 0 Å². The SMILES string of the molecule is COc1cc(CN2CC(c3ccccn3)C2)cc2c1OCO2. The monoisotopic (exact) mass is 298 g/mol. The molecule has 1 saturated heterocycles. The van der Waals surface area contributed by atoms with E-state index >= 15 is 0 Å². The summed E-state index contributed by atoms with van der Waals surface area (Å²) >= 11 is 0. The van der Waals surface area contributed by atoms with Crippen molar-refractivity contribution in [1.82, 2.24) is 9.88 Å². The highest BCUT2D eigenvalue weighted by molar-refractivity contribution is 5.55. The summed E-state index contributed by atoms with van der Waals surface area (Å²) in [4.78, 5) is 6.83. The third-order valence-corrected chi connectivity index (χ3v) is 4.19. The van der Waals surface area contributed by atoms with Crippen LogP contribution < -0.4 is 14.2 Å². The molecular formula is C17H18N2O3. The summed E-state index contributed by atoms with van der Waals surface area (Å²) < 4.78 is 16.3. The molecule has 0 aliphatic carbocycles. The Morgan fingerprint density at radius 2 is 2.18 bits per heavy atom. The molecule has 1 aromatic carbocycles. The molecule has 0 unspecified atom stereocenters. The molecule has 1 aromatic heterocycles. The summed E-state index contributed by atoms with van der Waals surface area (Å²) in [5.74, 6) is 2.77. The van der Waals surface area contributed by atoms with E-state index in [0.717, 1.165) is 31.1 Å². The summed E-state index contributed by atoms with van der Waals surface area (Å²) in [7, 11) is 1.65. The van der Waals surface area contributed by atoms with E-state index in [-0.39, 0.29) is 6.79 Å². The van der Waals surface area contributed by atoms with E-state index in [9.17, 15) is 0 Å². The molecule has 0 amide bonds. The standard InChI is InChI=1S/C17H18N2O3/c1-20-15-6-12(7-16-17(15)22-11-21-16)8-19-9-13(10-19)14-4-2-3-5-18-14/h2-7,13H,8-11H2,1H3. The summed E-state index contributed by atoms with van der Waals surface area (Å²) in [5.41, 5.74) is 2.36. The van der Waals surface area contributed by atoms with Crippen molar-refractivity contribution in [3.05, 3.63) is 47.8 Å². The lowest BCUT2D eigenvalue weighted by molar-refractivity contribution is 0.137. The van der Waals surface area contributed by atoms with Crippen molar-refractivity contribution in [1.29, 1.82) is 0 Å². The van der Waals surface area contributed by atoms with Gasteiger partial charge >= 0.3 is 0 Å². The van der Waals surface area contributed by atoms with Crippen molar-refractivity contribution >= 4 is 0 Å². The van der Waals surface area contributed by atoms with Crippen molar-refractivity contribution in [2.45, 2.75) is 12.5 Å². The first kappa shape index (κ1) is 13.4. The minimum Gasteiger partial charge on any atom is -0.493 e. The predicted molar refractivity (Wildman–Crippen MR) is 81.4 cm³/mol. The second-order valence-electron chi connectivity index (χ2n) is 5.68. The number of benzene rings is 1. The average Bonchev–Trinajstić information content (AvgIpc) is 2.99. The summed E-state index contributed by atoms with van der Waals surface area (Å²) in [6.07, 6.45) is 1.86. The number of ether oxygens (including phenoxy) is 3. The predicted octanol–water partition coefficient (Wildman–Crippen LogP) is 2.42. The van der Waals surface area contributed by atoms with Crippen LogP contribution in [0.15, 0.2) is 36.5 Å². The Hall–Kier alpha value is -2.27. The maximum absolute atomic E-state index is 5.47. The molecule has 4 rings (SSSR count). The number of fused-ring (bicyclic) bond motifs is 1. The number of likely N-dealkylation sites (tertiary alicyclic amines) is 1. The Morgan fingerprint density at radius 1 is 1.27 bits per heavy atom. The van der Waals surface area contributed by atoms with Gasteiger partial charge in [-0.1, -0.05) is 6.07 Å². The van der Waals surface area contributed by atoms with Gasteiger partial charge < -0.3 is 14.2 Å². The van der Waals surface area contributed by atoms with Gasteiger partial charge in [0.1, 0.15) is 0 Å². The Morgan fingerprint density at radius 3 is 2.95 bits per heavy atom. The second kappa shape index (κ2) is 5.50. The zero-order chi connectivity index (χ0) is 14.9. The molecule has 2 aliphatic rings. The summed E-state index contributed by atoms with van der Waals surface area (Å²) in [6.45, 7) is 3.22. The maximum Gasteiger partial charge on any atom is 0.231 e. The van der Waals surface area contributed by atoms with E-state index < -0.39 is 0 Å². The smallest absolute Gasteiger partial charge is 0.231 e. The van der Waals surface area contributed by atoms with Crippen LogP contribution >= 0.6 is 0 Å². The number of nitrogens with zero attached hydrogens (tertiary/aromatic N) is 2. The maximum atomic E-state index is 5.47. The first-order chi connectivity index (χ1) is 10.8. The summed E-state index contributed by atoms with van der Waals surface area (Å²) in [5, 5.41) is 0. The zero-order valence-corrected chi connectivity index (χ0v) is 12.5. The van der Waals surface area contributed by atoms with E-state index in [4.69, 9.17) is 14.2 Å². The number of aromatic nitrogens is 1. The van der Waals surface area contributed by atoms with Crippen LogP contribution in [0.4, 0.5) is 0 Å². The van der Waals surface area contributed by atoms with E-state index in [1.54, 1.807) is 7.11 Å². The average molecular weight is 298 g/mol. The molecule has 5 heteroatoms. The first-order valence-corrected chi connectivity index (χ1v) is 7.43. The third-order valence-electron chi connectivity index (χ3n) is 4.19. The van der Waals surface area contributed by atoms with Gasteiger partial charge in [-0.15, -0.1) is 0 Å². The minimum absolute atomic E-state index is 0.264. The molecule has 114 valence electrons. The minimum atomic E-state index is 0.264. The van der Waals surface area contributed by atoms with Gasteiger partial charge in [0.15, 0.2) is 11.5 Å². The van der Waals surface area contributed by atoms with E-state index in [1.807, 2.05) is 30.5 Å². The lowest BCUT2D eigenvalue weighted by Crippen LogP contribution is -2.44. The van der Waals surface area contributed by atoms with Crippen LogP contribution in [0.5, 0.6) is 17.2 Å². The largest absolute Gasteiger partial charge is 0.493 e. The van der Waals surface area contributed by atoms with Crippen LogP contribution in [-0.4, -0.2) is 36.9 Å². The van der Waals surface area contributed by atoms with Crippen molar-refractivity contribution in [3.8, 4) is 17.2 Å². The quantitative estimate of drug-likeness (QED) is 0.867. The van der Waals surface area contributed by atoms with Crippen LogP contribution in [0.1, 0.15) is 17.2 Å². The highest BCUT2D eigenvalue weighted by Gasteiger charge is 2.29. The molecule has 2 aliphatic heterocycles. The number of rotatable bonds is 4. The summed E-state index contributed by atoms with van der Waals surface area (Å²) in [6, 6.07) is 10.2. The molecule has 0 spiro atoms. The molecule has 5 nitrogen and oxygen atoms in total. The molecule has 0 atom stereocenters. The Balaban J connectivity index is 1.43. The highest BCUT2D eigenvalue weighted by Crippen LogP contribution is 2.42. The number of hydrogen-bond donors (Lipinski definition) is 0. The molecule has 0 radical (unpaired) electrons. The topological polar surface area (TPSA) is 43.8 Å². The lowest BCUT2D eigenvalue weighted by atomic mass is 9.95. The van der Waals surface area contributed by atoms with Gasteiger partial charge in [-0.05, 0) is 29.8 Å². The fourth-order valence-corrected chi connectivity index (χ4v) is 3.04. The number of methoxy groups -OCH3 is 1. The second-order valence-corrected chi connectivity index (χ2v) is 5.68. The first-order valence-electron chi connectivity index (χ1n) is 7.43. The molecule has 2 aromatic rings. The van der Waals surface area contributed by atoms with Crippen molar-refractivity contribution in [2.75, 3.05) is 27.0 Å². The van der Waals surface area contributed by atoms with Gasteiger partial charge in [-0.3, -0.25) is 9.88 Å². The molecule has 0 N–H and O–H groups in total. The van der Waals surface area contributed by atoms with Gasteiger partial charge in [0.2, 0.25) is 12.5 Å². The van der Waals surface area contributed by atoms with Gasteiger partial charge in [0, 0.05) is 37.4 Å². The molecule has 22 heavy (non-hydrogen) atoms. The highest BCUT2D eigenvalue weighted by atomic mass is 16.7. The van der Waals surface area contributed by atoms with E-state index in [0.29, 0.717) is 11.7 Å². The normalized spacial score (nSPS) is 17.3. The van der Waals surface area contributed by atoms with Crippen LogP contribution in [0.3, 0.4) is 0 Å². The van der Waals surface area contributed by atoms with Crippen LogP contribution in [0.25, 0.3) is 0 Å². The molecule has 1 fully saturated rings. The van der Waals surface area contributed by atoms with Crippen molar-refractivity contribution < 1.29 is 14.2 Å². The van der Waals surface area contributed by atoms with Gasteiger partial charge in [0.25, 0.3) is 0 Å². The van der Waals surface area contributed by atoms with E-state index in [2.05, 4.69) is 16.0 Å². The number of pyridine rings is 1. The Labute approximate surface area is 129 Å². The van der Waals surface area contributed by atoms with Crippen LogP contribution in [-0.2, 0) is 6.54 Å². The Kier molecular flexibility index (Phi) is 3.35. The fraction of sp³-hybridized carbons (Fsp3) is 0.353. The van der Waals surface area contributed by atoms with Crippen LogP contribution in [0, 0.1) is 0 Å². The van der Waals surface area contributed by atoms with Crippen molar-refractivity contribution in [3.63, 3.8) is 0 Å². The molecule has 0 bridgehead atoms. The number of hydrogen-bond acceptors (Lipinski definition) is 5. The van der Waals surface area contributed by atoms with Gasteiger partial charge in [-0.25, -0.2) is 0 Å². The zero-order valence-electron chi connectivity index (χ0n) is 12.5. The van der Waals surface area contributed by atoms with Crippen LogP contribution in [0.2, 0.25) is 0 Å². The lowest BCUT2D eigenvalue weighted by Gasteiger charge is -2.39. The third kappa shape index (κ3) is 2.37.